The summed E-state index contributed by atoms with van der Waals surface area (Å²) < 4.78 is 46.0. The number of rotatable bonds is 3. The molecule has 3 aliphatic rings. The molecular formula is C19H21F3N2O4. The molecule has 1 amide bonds. The molecule has 6 nitrogen and oxygen atoms in total. The fourth-order valence-corrected chi connectivity index (χ4v) is 4.75. The van der Waals surface area contributed by atoms with Crippen LogP contribution >= 0.6 is 0 Å². The molecule has 0 unspecified atom stereocenters. The molecule has 152 valence electrons. The van der Waals surface area contributed by atoms with Crippen molar-refractivity contribution in [1.29, 1.82) is 0 Å². The monoisotopic (exact) mass is 398 g/mol. The summed E-state index contributed by atoms with van der Waals surface area (Å²) >= 11 is 0. The number of nitrogens with zero attached hydrogens (tertiary/aromatic N) is 2. The van der Waals surface area contributed by atoms with E-state index in [0.29, 0.717) is 38.4 Å². The van der Waals surface area contributed by atoms with Gasteiger partial charge in [-0.25, -0.2) is 13.2 Å². The van der Waals surface area contributed by atoms with Crippen LogP contribution in [0.15, 0.2) is 12.1 Å². The Hall–Kier alpha value is -2.13. The first-order chi connectivity index (χ1) is 13.3. The quantitative estimate of drug-likeness (QED) is 0.786. The van der Waals surface area contributed by atoms with Crippen LogP contribution in [0.5, 0.6) is 0 Å². The second-order valence-electron chi connectivity index (χ2n) is 7.86. The fourth-order valence-electron chi connectivity index (χ4n) is 4.75. The van der Waals surface area contributed by atoms with Crippen molar-refractivity contribution in [3.8, 4) is 0 Å². The van der Waals surface area contributed by atoms with E-state index in [1.807, 2.05) is 0 Å². The third-order valence-electron chi connectivity index (χ3n) is 6.30. The van der Waals surface area contributed by atoms with Gasteiger partial charge in [-0.1, -0.05) is 0 Å². The molecule has 2 atom stereocenters. The SMILES string of the molecule is O=C(c1cc(F)c(F)cc1F)N1C[C@H]2CN(C3CCOCC3)C[C@@]2(C(=O)O)C1. The minimum absolute atomic E-state index is 0.0794. The molecule has 1 aromatic rings. The minimum atomic E-state index is -1.37. The average molecular weight is 398 g/mol. The fraction of sp³-hybridized carbons (Fsp3) is 0.579. The first kappa shape index (κ1) is 19.2. The van der Waals surface area contributed by atoms with Crippen molar-refractivity contribution >= 4 is 11.9 Å². The summed E-state index contributed by atoms with van der Waals surface area (Å²) in [5, 5.41) is 9.92. The smallest absolute Gasteiger partial charge is 0.313 e. The van der Waals surface area contributed by atoms with Crippen molar-refractivity contribution in [2.45, 2.75) is 18.9 Å². The molecule has 0 bridgehead atoms. The summed E-state index contributed by atoms with van der Waals surface area (Å²) in [5.74, 6) is -5.96. The number of carbonyl (C=O) groups is 2. The van der Waals surface area contributed by atoms with Crippen molar-refractivity contribution in [3.05, 3.63) is 35.1 Å². The van der Waals surface area contributed by atoms with Gasteiger partial charge in [-0.2, -0.15) is 0 Å². The highest BCUT2D eigenvalue weighted by atomic mass is 19.2. The first-order valence-electron chi connectivity index (χ1n) is 9.31. The van der Waals surface area contributed by atoms with E-state index in [9.17, 15) is 27.9 Å². The van der Waals surface area contributed by atoms with Crippen molar-refractivity contribution in [1.82, 2.24) is 9.80 Å². The zero-order chi connectivity index (χ0) is 20.1. The maximum atomic E-state index is 14.0. The van der Waals surface area contributed by atoms with Gasteiger partial charge in [0.15, 0.2) is 11.6 Å². The zero-order valence-electron chi connectivity index (χ0n) is 15.2. The van der Waals surface area contributed by atoms with Crippen LogP contribution in [-0.2, 0) is 9.53 Å². The molecule has 0 saturated carbocycles. The highest BCUT2D eigenvalue weighted by Gasteiger charge is 2.59. The lowest BCUT2D eigenvalue weighted by atomic mass is 9.81. The third-order valence-corrected chi connectivity index (χ3v) is 6.30. The normalized spacial score (nSPS) is 28.5. The number of carbonyl (C=O) groups excluding carboxylic acids is 1. The molecule has 28 heavy (non-hydrogen) atoms. The summed E-state index contributed by atoms with van der Waals surface area (Å²) in [7, 11) is 0. The molecular weight excluding hydrogens is 377 g/mol. The van der Waals surface area contributed by atoms with Crippen LogP contribution in [0.4, 0.5) is 13.2 Å². The highest BCUT2D eigenvalue weighted by Crippen LogP contribution is 2.44. The van der Waals surface area contributed by atoms with Gasteiger partial charge in [-0.15, -0.1) is 0 Å². The Bertz CT molecular complexity index is 815. The molecule has 0 aliphatic carbocycles. The summed E-state index contributed by atoms with van der Waals surface area (Å²) in [5.41, 5.74) is -1.72. The number of carboxylic acid groups (broad SMARTS) is 1. The number of halogens is 3. The first-order valence-corrected chi connectivity index (χ1v) is 9.31. The Kier molecular flexibility index (Phi) is 4.83. The number of hydrogen-bond acceptors (Lipinski definition) is 4. The lowest BCUT2D eigenvalue weighted by Crippen LogP contribution is -2.45. The zero-order valence-corrected chi connectivity index (χ0v) is 15.2. The van der Waals surface area contributed by atoms with Gasteiger partial charge in [-0.3, -0.25) is 14.5 Å². The van der Waals surface area contributed by atoms with Crippen LogP contribution < -0.4 is 0 Å². The number of fused-ring (bicyclic) bond motifs is 1. The van der Waals surface area contributed by atoms with Crippen LogP contribution in [-0.4, -0.2) is 72.2 Å². The van der Waals surface area contributed by atoms with Crippen LogP contribution in [0, 0.1) is 28.8 Å². The van der Waals surface area contributed by atoms with Gasteiger partial charge in [0.25, 0.3) is 5.91 Å². The van der Waals surface area contributed by atoms with Gasteiger partial charge in [-0.05, 0) is 18.9 Å². The van der Waals surface area contributed by atoms with Gasteiger partial charge >= 0.3 is 5.97 Å². The largest absolute Gasteiger partial charge is 0.481 e. The summed E-state index contributed by atoms with van der Waals surface area (Å²) in [6.45, 7) is 2.19. The molecule has 0 radical (unpaired) electrons. The minimum Gasteiger partial charge on any atom is -0.481 e. The lowest BCUT2D eigenvalue weighted by molar-refractivity contribution is -0.148. The Morgan fingerprint density at radius 3 is 2.36 bits per heavy atom. The van der Waals surface area contributed by atoms with Gasteiger partial charge in [0.2, 0.25) is 0 Å². The Morgan fingerprint density at radius 2 is 1.71 bits per heavy atom. The van der Waals surface area contributed by atoms with Gasteiger partial charge in [0.05, 0.1) is 5.56 Å². The Morgan fingerprint density at radius 1 is 1.04 bits per heavy atom. The standard InChI is InChI=1S/C19H21F3N2O4/c20-14-6-16(22)15(21)5-13(14)17(25)24-8-11-7-23(12-1-3-28-4-2-12)9-19(11,10-24)18(26)27/h5-6,11-12H,1-4,7-10H2,(H,26,27)/t11-,19-/m1/s1. The molecule has 0 aromatic heterocycles. The van der Waals surface area contributed by atoms with Crippen molar-refractivity contribution in [3.63, 3.8) is 0 Å². The van der Waals surface area contributed by atoms with Crippen molar-refractivity contribution < 1.29 is 32.6 Å². The van der Waals surface area contributed by atoms with Crippen LogP contribution in [0.1, 0.15) is 23.2 Å². The molecule has 3 heterocycles. The van der Waals surface area contributed by atoms with Crippen LogP contribution in [0.2, 0.25) is 0 Å². The number of hydrogen-bond donors (Lipinski definition) is 1. The topological polar surface area (TPSA) is 70.1 Å². The second-order valence-corrected chi connectivity index (χ2v) is 7.86. The molecule has 3 aliphatic heterocycles. The van der Waals surface area contributed by atoms with E-state index in [-0.39, 0.29) is 25.0 Å². The predicted octanol–water partition coefficient (Wildman–Crippen LogP) is 1.74. The summed E-state index contributed by atoms with van der Waals surface area (Å²) in [6, 6.07) is 1.12. The number of amides is 1. The molecule has 9 heteroatoms. The van der Waals surface area contributed by atoms with Gasteiger partial charge in [0.1, 0.15) is 11.2 Å². The van der Waals surface area contributed by atoms with E-state index in [0.717, 1.165) is 12.8 Å². The number of benzene rings is 1. The van der Waals surface area contributed by atoms with Crippen LogP contribution in [0.3, 0.4) is 0 Å². The van der Waals surface area contributed by atoms with Crippen LogP contribution in [0.25, 0.3) is 0 Å². The number of carboxylic acids is 1. The number of aliphatic carboxylic acids is 1. The Balaban J connectivity index is 1.54. The van der Waals surface area contributed by atoms with E-state index in [4.69, 9.17) is 4.74 Å². The summed E-state index contributed by atoms with van der Waals surface area (Å²) in [4.78, 5) is 28.2. The lowest BCUT2D eigenvalue weighted by Gasteiger charge is -2.33. The van der Waals surface area contributed by atoms with Crippen molar-refractivity contribution in [2.24, 2.45) is 11.3 Å². The molecule has 1 aromatic carbocycles. The maximum Gasteiger partial charge on any atom is 0.313 e. The second kappa shape index (κ2) is 7.04. The van der Waals surface area contributed by atoms with E-state index < -0.39 is 40.3 Å². The molecule has 4 rings (SSSR count). The Labute approximate surface area is 159 Å². The number of ether oxygens (including phenoxy) is 1. The van der Waals surface area contributed by atoms with Gasteiger partial charge in [0, 0.05) is 57.4 Å². The molecule has 3 fully saturated rings. The molecule has 3 saturated heterocycles. The molecule has 1 N–H and O–H groups in total. The third kappa shape index (κ3) is 3.06. The molecule has 0 spiro atoms. The van der Waals surface area contributed by atoms with E-state index in [1.165, 1.54) is 4.90 Å². The predicted molar refractivity (Wildman–Crippen MR) is 91.2 cm³/mol. The highest BCUT2D eigenvalue weighted by molar-refractivity contribution is 5.95. The number of likely N-dealkylation sites (tertiary alicyclic amines) is 2. The van der Waals surface area contributed by atoms with E-state index >= 15 is 0 Å². The average Bonchev–Trinajstić information content (AvgIpc) is 3.21. The maximum absolute atomic E-state index is 14.0. The summed E-state index contributed by atoms with van der Waals surface area (Å²) in [6.07, 6.45) is 1.68. The van der Waals surface area contributed by atoms with Gasteiger partial charge < -0.3 is 14.7 Å². The van der Waals surface area contributed by atoms with E-state index in [1.54, 1.807) is 0 Å². The van der Waals surface area contributed by atoms with Crippen molar-refractivity contribution in [2.75, 3.05) is 39.4 Å². The van der Waals surface area contributed by atoms with E-state index in [2.05, 4.69) is 4.90 Å².